The first-order chi connectivity index (χ1) is 10.8. The molecule has 1 fully saturated rings. The molecule has 0 saturated carbocycles. The van der Waals surface area contributed by atoms with Gasteiger partial charge in [-0.3, -0.25) is 4.79 Å². The molecule has 6 heteroatoms. The molecule has 2 aromatic rings. The van der Waals surface area contributed by atoms with E-state index in [0.29, 0.717) is 18.7 Å². The van der Waals surface area contributed by atoms with Crippen LogP contribution >= 0.6 is 12.4 Å². The van der Waals surface area contributed by atoms with E-state index < -0.39 is 0 Å². The summed E-state index contributed by atoms with van der Waals surface area (Å²) in [4.78, 5) is 18.3. The van der Waals surface area contributed by atoms with Gasteiger partial charge in [-0.05, 0) is 6.42 Å². The number of halogens is 1. The molecule has 2 heterocycles. The fraction of sp³-hybridized carbons (Fsp3) is 0.412. The number of aromatic nitrogens is 1. The largest absolute Gasteiger partial charge is 0.441 e. The molecule has 1 N–H and O–H groups in total. The van der Waals surface area contributed by atoms with E-state index in [0.717, 1.165) is 43.9 Å². The van der Waals surface area contributed by atoms with Gasteiger partial charge in [0.25, 0.3) is 0 Å². The van der Waals surface area contributed by atoms with Gasteiger partial charge in [0.15, 0.2) is 11.7 Å². The highest BCUT2D eigenvalue weighted by atomic mass is 35.5. The molecule has 124 valence electrons. The Labute approximate surface area is 142 Å². The van der Waals surface area contributed by atoms with Crippen molar-refractivity contribution in [2.45, 2.75) is 19.3 Å². The van der Waals surface area contributed by atoms with Gasteiger partial charge in [-0.2, -0.15) is 0 Å². The van der Waals surface area contributed by atoms with E-state index in [-0.39, 0.29) is 18.3 Å². The third kappa shape index (κ3) is 4.81. The minimum Gasteiger partial charge on any atom is -0.441 e. The Kier molecular flexibility index (Phi) is 6.62. The lowest BCUT2D eigenvalue weighted by atomic mass is 10.2. The summed E-state index contributed by atoms with van der Waals surface area (Å²) in [6.07, 6.45) is 3.79. The van der Waals surface area contributed by atoms with Crippen molar-refractivity contribution in [1.82, 2.24) is 15.2 Å². The summed E-state index contributed by atoms with van der Waals surface area (Å²) in [6.45, 7) is 3.42. The number of oxazole rings is 1. The van der Waals surface area contributed by atoms with E-state index in [1.54, 1.807) is 6.20 Å². The van der Waals surface area contributed by atoms with Crippen molar-refractivity contribution >= 4 is 18.3 Å². The Balaban J connectivity index is 0.00000192. The summed E-state index contributed by atoms with van der Waals surface area (Å²) < 4.78 is 5.75. The van der Waals surface area contributed by atoms with E-state index in [2.05, 4.69) is 10.3 Å². The Morgan fingerprint density at radius 3 is 2.70 bits per heavy atom. The van der Waals surface area contributed by atoms with Crippen LogP contribution in [0.1, 0.15) is 18.7 Å². The fourth-order valence-electron chi connectivity index (χ4n) is 2.62. The number of carbonyl (C=O) groups is 1. The summed E-state index contributed by atoms with van der Waals surface area (Å²) in [5.74, 6) is 1.72. The average molecular weight is 336 g/mol. The quantitative estimate of drug-likeness (QED) is 0.912. The number of piperazine rings is 1. The second kappa shape index (κ2) is 8.70. The molecule has 0 radical (unpaired) electrons. The molecule has 0 spiro atoms. The first-order valence-corrected chi connectivity index (χ1v) is 7.81. The molecule has 1 aromatic heterocycles. The summed E-state index contributed by atoms with van der Waals surface area (Å²) >= 11 is 0. The highest BCUT2D eigenvalue weighted by molar-refractivity contribution is 5.85. The summed E-state index contributed by atoms with van der Waals surface area (Å²) in [5.41, 5.74) is 1.03. The zero-order valence-electron chi connectivity index (χ0n) is 13.0. The minimum absolute atomic E-state index is 0. The minimum atomic E-state index is 0. The van der Waals surface area contributed by atoms with Gasteiger partial charge in [0.2, 0.25) is 5.91 Å². The molecular weight excluding hydrogens is 314 g/mol. The van der Waals surface area contributed by atoms with Gasteiger partial charge in [-0.1, -0.05) is 30.3 Å². The average Bonchev–Trinajstić information content (AvgIpc) is 3.05. The van der Waals surface area contributed by atoms with Crippen molar-refractivity contribution in [3.63, 3.8) is 0 Å². The van der Waals surface area contributed by atoms with Gasteiger partial charge in [-0.15, -0.1) is 12.4 Å². The number of rotatable bonds is 5. The maximum Gasteiger partial charge on any atom is 0.222 e. The monoisotopic (exact) mass is 335 g/mol. The maximum absolute atomic E-state index is 12.1. The lowest BCUT2D eigenvalue weighted by Crippen LogP contribution is -2.46. The summed E-state index contributed by atoms with van der Waals surface area (Å²) in [7, 11) is 0. The summed E-state index contributed by atoms with van der Waals surface area (Å²) in [5, 5.41) is 3.25. The van der Waals surface area contributed by atoms with Gasteiger partial charge in [0, 0.05) is 44.6 Å². The first kappa shape index (κ1) is 17.5. The van der Waals surface area contributed by atoms with E-state index in [1.807, 2.05) is 35.2 Å². The molecule has 1 aliphatic rings. The molecule has 1 aromatic carbocycles. The van der Waals surface area contributed by atoms with Crippen LogP contribution in [0.2, 0.25) is 0 Å². The predicted molar refractivity (Wildman–Crippen MR) is 91.6 cm³/mol. The maximum atomic E-state index is 12.1. The molecular formula is C17H22ClN3O2. The normalized spacial score (nSPS) is 14.3. The topological polar surface area (TPSA) is 58.4 Å². The predicted octanol–water partition coefficient (Wildman–Crippen LogP) is 2.52. The van der Waals surface area contributed by atoms with Crippen molar-refractivity contribution < 1.29 is 9.21 Å². The fourth-order valence-corrected chi connectivity index (χ4v) is 2.62. The zero-order chi connectivity index (χ0) is 15.2. The van der Waals surface area contributed by atoms with Crippen molar-refractivity contribution in [3.8, 4) is 11.3 Å². The van der Waals surface area contributed by atoms with E-state index >= 15 is 0 Å². The van der Waals surface area contributed by atoms with Crippen LogP contribution in [0.4, 0.5) is 0 Å². The molecule has 0 aliphatic carbocycles. The zero-order valence-corrected chi connectivity index (χ0v) is 13.8. The molecule has 0 unspecified atom stereocenters. The number of carbonyl (C=O) groups excluding carboxylic acids is 1. The third-order valence-electron chi connectivity index (χ3n) is 3.86. The van der Waals surface area contributed by atoms with Crippen molar-refractivity contribution in [2.75, 3.05) is 26.2 Å². The van der Waals surface area contributed by atoms with Crippen molar-refractivity contribution in [3.05, 3.63) is 42.4 Å². The SMILES string of the molecule is Cl.O=C(CCCc1ncc(-c2ccccc2)o1)N1CCNCC1. The van der Waals surface area contributed by atoms with E-state index in [1.165, 1.54) is 0 Å². The molecule has 1 amide bonds. The first-order valence-electron chi connectivity index (χ1n) is 7.81. The van der Waals surface area contributed by atoms with Gasteiger partial charge >= 0.3 is 0 Å². The van der Waals surface area contributed by atoms with Crippen molar-refractivity contribution in [2.24, 2.45) is 0 Å². The third-order valence-corrected chi connectivity index (χ3v) is 3.86. The second-order valence-corrected chi connectivity index (χ2v) is 5.47. The number of nitrogens with one attached hydrogen (secondary N) is 1. The number of benzene rings is 1. The van der Waals surface area contributed by atoms with Crippen LogP contribution in [0.15, 0.2) is 40.9 Å². The molecule has 1 aliphatic heterocycles. The smallest absolute Gasteiger partial charge is 0.222 e. The van der Waals surface area contributed by atoms with Crippen molar-refractivity contribution in [1.29, 1.82) is 0 Å². The number of hydrogen-bond donors (Lipinski definition) is 1. The van der Waals surface area contributed by atoms with E-state index in [9.17, 15) is 4.79 Å². The molecule has 1 saturated heterocycles. The number of hydrogen-bond acceptors (Lipinski definition) is 4. The van der Waals surface area contributed by atoms with Crippen LogP contribution in [0.25, 0.3) is 11.3 Å². The Bertz CT molecular complexity index is 609. The lowest BCUT2D eigenvalue weighted by Gasteiger charge is -2.27. The Morgan fingerprint density at radius 1 is 1.22 bits per heavy atom. The Hall–Kier alpha value is -1.85. The van der Waals surface area contributed by atoms with Gasteiger partial charge in [0.1, 0.15) is 0 Å². The highest BCUT2D eigenvalue weighted by Gasteiger charge is 2.16. The molecule has 3 rings (SSSR count). The molecule has 0 atom stereocenters. The highest BCUT2D eigenvalue weighted by Crippen LogP contribution is 2.20. The van der Waals surface area contributed by atoms with Crippen LogP contribution in [-0.4, -0.2) is 42.0 Å². The van der Waals surface area contributed by atoms with Crippen LogP contribution in [0.5, 0.6) is 0 Å². The standard InChI is InChI=1S/C17H21N3O2.ClH/c21-17(20-11-9-18-10-12-20)8-4-7-16-19-13-15(22-16)14-5-2-1-3-6-14;/h1-3,5-6,13,18H,4,7-12H2;1H. The lowest BCUT2D eigenvalue weighted by molar-refractivity contribution is -0.131. The molecule has 23 heavy (non-hydrogen) atoms. The summed E-state index contributed by atoms with van der Waals surface area (Å²) in [6, 6.07) is 9.92. The van der Waals surface area contributed by atoms with Gasteiger partial charge in [-0.25, -0.2) is 4.98 Å². The van der Waals surface area contributed by atoms with E-state index in [4.69, 9.17) is 4.42 Å². The number of amides is 1. The van der Waals surface area contributed by atoms with Crippen LogP contribution in [0.3, 0.4) is 0 Å². The van der Waals surface area contributed by atoms with Crippen LogP contribution in [0, 0.1) is 0 Å². The van der Waals surface area contributed by atoms with Crippen LogP contribution in [-0.2, 0) is 11.2 Å². The molecule has 5 nitrogen and oxygen atoms in total. The number of aryl methyl sites for hydroxylation is 1. The van der Waals surface area contributed by atoms with Gasteiger partial charge in [0.05, 0.1) is 6.20 Å². The Morgan fingerprint density at radius 2 is 1.96 bits per heavy atom. The number of nitrogens with zero attached hydrogens (tertiary/aromatic N) is 2. The molecule has 0 bridgehead atoms. The second-order valence-electron chi connectivity index (χ2n) is 5.47. The van der Waals surface area contributed by atoms with Gasteiger partial charge < -0.3 is 14.6 Å². The van der Waals surface area contributed by atoms with Crippen LogP contribution < -0.4 is 5.32 Å².